The highest BCUT2D eigenvalue weighted by molar-refractivity contribution is 5.80. The quantitative estimate of drug-likeness (QED) is 0.236. The third-order valence-electron chi connectivity index (χ3n) is 5.18. The summed E-state index contributed by atoms with van der Waals surface area (Å²) in [6.45, 7) is 14.5. The third kappa shape index (κ3) is 9.65. The molecule has 182 valence electrons. The Morgan fingerprint density at radius 3 is 2.59 bits per heavy atom. The summed E-state index contributed by atoms with van der Waals surface area (Å²) < 4.78 is 23.0. The zero-order valence-corrected chi connectivity index (χ0v) is 20.5. The lowest BCUT2D eigenvalue weighted by Gasteiger charge is -2.20. The summed E-state index contributed by atoms with van der Waals surface area (Å²) in [5, 5.41) is 6.83. The van der Waals surface area contributed by atoms with Crippen molar-refractivity contribution in [3.63, 3.8) is 0 Å². The first-order chi connectivity index (χ1) is 15.7. The molecule has 2 unspecified atom stereocenters. The third-order valence-corrected chi connectivity index (χ3v) is 5.18. The maximum absolute atomic E-state index is 5.95. The van der Waals surface area contributed by atoms with Crippen LogP contribution >= 0.6 is 0 Å². The van der Waals surface area contributed by atoms with Gasteiger partial charge in [-0.1, -0.05) is 19.9 Å². The van der Waals surface area contributed by atoms with Crippen LogP contribution in [0.4, 0.5) is 0 Å². The zero-order valence-electron chi connectivity index (χ0n) is 20.5. The molecule has 2 rings (SSSR count). The molecule has 7 nitrogen and oxygen atoms in total. The molecule has 0 aromatic heterocycles. The normalized spacial score (nSPS) is 17.2. The smallest absolute Gasteiger partial charge is 0.191 e. The summed E-state index contributed by atoms with van der Waals surface area (Å²) in [6, 6.07) is 6.24. The van der Waals surface area contributed by atoms with Crippen molar-refractivity contribution in [3.05, 3.63) is 23.8 Å². The van der Waals surface area contributed by atoms with E-state index in [4.69, 9.17) is 23.9 Å². The first kappa shape index (κ1) is 26.3. The van der Waals surface area contributed by atoms with Crippen LogP contribution in [0.1, 0.15) is 65.0 Å². The highest BCUT2D eigenvalue weighted by Gasteiger charge is 2.15. The molecule has 32 heavy (non-hydrogen) atoms. The van der Waals surface area contributed by atoms with Gasteiger partial charge in [0.05, 0.1) is 32.5 Å². The van der Waals surface area contributed by atoms with E-state index in [1.54, 1.807) is 0 Å². The average Bonchev–Trinajstić information content (AvgIpc) is 3.32. The SMILES string of the molecule is CCCOc1ccc(C(C)NC(=NCCCOCC2CCOC2)NCC)cc1OCCC. The summed E-state index contributed by atoms with van der Waals surface area (Å²) in [5.74, 6) is 2.98. The van der Waals surface area contributed by atoms with Gasteiger partial charge < -0.3 is 29.6 Å². The Bertz CT molecular complexity index is 663. The predicted octanol–water partition coefficient (Wildman–Crippen LogP) is 4.32. The van der Waals surface area contributed by atoms with E-state index in [1.165, 1.54) is 0 Å². The molecule has 0 radical (unpaired) electrons. The minimum Gasteiger partial charge on any atom is -0.490 e. The first-order valence-electron chi connectivity index (χ1n) is 12.3. The molecule has 1 heterocycles. The maximum atomic E-state index is 5.95. The molecule has 2 atom stereocenters. The molecule has 0 aliphatic carbocycles. The molecule has 0 saturated carbocycles. The van der Waals surface area contributed by atoms with Crippen LogP contribution in [-0.2, 0) is 9.47 Å². The fourth-order valence-electron chi connectivity index (χ4n) is 3.38. The number of nitrogens with one attached hydrogen (secondary N) is 2. The molecule has 0 bridgehead atoms. The molecule has 1 aromatic carbocycles. The number of nitrogens with zero attached hydrogens (tertiary/aromatic N) is 1. The Hall–Kier alpha value is -1.99. The minimum atomic E-state index is 0.0793. The van der Waals surface area contributed by atoms with E-state index < -0.39 is 0 Å². The summed E-state index contributed by atoms with van der Waals surface area (Å²) >= 11 is 0. The van der Waals surface area contributed by atoms with Crippen molar-refractivity contribution < 1.29 is 18.9 Å². The van der Waals surface area contributed by atoms with Gasteiger partial charge in [0.1, 0.15) is 0 Å². The molecule has 1 aromatic rings. The van der Waals surface area contributed by atoms with Gasteiger partial charge in [-0.3, -0.25) is 4.99 Å². The second-order valence-electron chi connectivity index (χ2n) is 8.19. The fourth-order valence-corrected chi connectivity index (χ4v) is 3.38. The van der Waals surface area contributed by atoms with Gasteiger partial charge in [0.2, 0.25) is 0 Å². The van der Waals surface area contributed by atoms with E-state index in [1.807, 2.05) is 6.07 Å². The maximum Gasteiger partial charge on any atom is 0.191 e. The standard InChI is InChI=1S/C25H43N3O4/c1-5-13-31-23-10-9-22(17-24(23)32-14-6-2)20(4)28-25(26-7-3)27-12-8-15-29-18-21-11-16-30-19-21/h9-10,17,20-21H,5-8,11-16,18-19H2,1-4H3,(H2,26,27,28). The number of guanidine groups is 1. The Labute approximate surface area is 194 Å². The largest absolute Gasteiger partial charge is 0.490 e. The number of benzene rings is 1. The van der Waals surface area contributed by atoms with Crippen molar-refractivity contribution in [2.45, 2.75) is 59.4 Å². The van der Waals surface area contributed by atoms with Gasteiger partial charge in [-0.15, -0.1) is 0 Å². The van der Waals surface area contributed by atoms with Crippen molar-refractivity contribution in [2.24, 2.45) is 10.9 Å². The van der Waals surface area contributed by atoms with Gasteiger partial charge in [-0.2, -0.15) is 0 Å². The van der Waals surface area contributed by atoms with Crippen molar-refractivity contribution in [1.29, 1.82) is 0 Å². The van der Waals surface area contributed by atoms with Crippen LogP contribution in [-0.4, -0.2) is 58.7 Å². The first-order valence-corrected chi connectivity index (χ1v) is 12.3. The number of ether oxygens (including phenoxy) is 4. The van der Waals surface area contributed by atoms with Gasteiger partial charge in [-0.25, -0.2) is 0 Å². The van der Waals surface area contributed by atoms with Gasteiger partial charge in [-0.05, 0) is 57.2 Å². The van der Waals surface area contributed by atoms with Crippen LogP contribution in [0, 0.1) is 5.92 Å². The topological polar surface area (TPSA) is 73.3 Å². The van der Waals surface area contributed by atoms with E-state index in [0.717, 1.165) is 88.2 Å². The fraction of sp³-hybridized carbons (Fsp3) is 0.720. The van der Waals surface area contributed by atoms with Gasteiger partial charge in [0.15, 0.2) is 17.5 Å². The van der Waals surface area contributed by atoms with E-state index in [-0.39, 0.29) is 6.04 Å². The Kier molecular flexibility index (Phi) is 12.9. The van der Waals surface area contributed by atoms with Crippen LogP contribution in [0.3, 0.4) is 0 Å². The van der Waals surface area contributed by atoms with Crippen LogP contribution in [0.25, 0.3) is 0 Å². The van der Waals surface area contributed by atoms with Crippen LogP contribution < -0.4 is 20.1 Å². The Morgan fingerprint density at radius 1 is 1.12 bits per heavy atom. The van der Waals surface area contributed by atoms with E-state index in [0.29, 0.717) is 19.1 Å². The lowest BCUT2D eigenvalue weighted by Crippen LogP contribution is -2.38. The van der Waals surface area contributed by atoms with Crippen LogP contribution in [0.5, 0.6) is 11.5 Å². The van der Waals surface area contributed by atoms with E-state index in [2.05, 4.69) is 50.5 Å². The lowest BCUT2D eigenvalue weighted by atomic mass is 10.1. The second-order valence-corrected chi connectivity index (χ2v) is 8.19. The summed E-state index contributed by atoms with van der Waals surface area (Å²) in [4.78, 5) is 4.71. The second kappa shape index (κ2) is 15.8. The summed E-state index contributed by atoms with van der Waals surface area (Å²) in [5.41, 5.74) is 1.13. The van der Waals surface area contributed by atoms with Gasteiger partial charge in [0.25, 0.3) is 0 Å². The lowest BCUT2D eigenvalue weighted by molar-refractivity contribution is 0.0893. The molecule has 0 spiro atoms. The molecular formula is C25H43N3O4. The molecule has 0 amide bonds. The predicted molar refractivity (Wildman–Crippen MR) is 130 cm³/mol. The molecule has 7 heteroatoms. The van der Waals surface area contributed by atoms with Crippen LogP contribution in [0.2, 0.25) is 0 Å². The molecule has 1 saturated heterocycles. The summed E-state index contributed by atoms with van der Waals surface area (Å²) in [7, 11) is 0. The number of aliphatic imine (C=N–C) groups is 1. The van der Waals surface area contributed by atoms with Gasteiger partial charge in [0, 0.05) is 32.2 Å². The number of hydrogen-bond donors (Lipinski definition) is 2. The van der Waals surface area contributed by atoms with E-state index in [9.17, 15) is 0 Å². The average molecular weight is 450 g/mol. The molecule has 2 N–H and O–H groups in total. The molecular weight excluding hydrogens is 406 g/mol. The monoisotopic (exact) mass is 449 g/mol. The number of rotatable bonds is 15. The van der Waals surface area contributed by atoms with Gasteiger partial charge >= 0.3 is 0 Å². The van der Waals surface area contributed by atoms with Crippen molar-refractivity contribution in [3.8, 4) is 11.5 Å². The Morgan fingerprint density at radius 2 is 1.91 bits per heavy atom. The minimum absolute atomic E-state index is 0.0793. The summed E-state index contributed by atoms with van der Waals surface area (Å²) in [6.07, 6.45) is 3.94. The van der Waals surface area contributed by atoms with Crippen molar-refractivity contribution >= 4 is 5.96 Å². The number of hydrogen-bond acceptors (Lipinski definition) is 5. The molecule has 1 fully saturated rings. The molecule has 1 aliphatic rings. The van der Waals surface area contributed by atoms with E-state index >= 15 is 0 Å². The molecule has 1 aliphatic heterocycles. The van der Waals surface area contributed by atoms with Crippen molar-refractivity contribution in [1.82, 2.24) is 10.6 Å². The van der Waals surface area contributed by atoms with Crippen LogP contribution in [0.15, 0.2) is 23.2 Å². The highest BCUT2D eigenvalue weighted by Crippen LogP contribution is 2.31. The van der Waals surface area contributed by atoms with Crippen molar-refractivity contribution in [2.75, 3.05) is 52.7 Å². The Balaban J connectivity index is 1.87. The highest BCUT2D eigenvalue weighted by atomic mass is 16.5. The zero-order chi connectivity index (χ0) is 23.0.